The van der Waals surface area contributed by atoms with Gasteiger partial charge in [0.2, 0.25) is 0 Å². The van der Waals surface area contributed by atoms with Crippen LogP contribution in [0.3, 0.4) is 0 Å². The van der Waals surface area contributed by atoms with Gasteiger partial charge < -0.3 is 10.6 Å². The summed E-state index contributed by atoms with van der Waals surface area (Å²) < 4.78 is 0. The molecule has 0 fully saturated rings. The Labute approximate surface area is 134 Å². The number of hydrogen-bond donors (Lipinski definition) is 2. The molecule has 120 valence electrons. The lowest BCUT2D eigenvalue weighted by Gasteiger charge is -2.20. The van der Waals surface area contributed by atoms with Crippen LogP contribution in [0.1, 0.15) is 57.2 Å². The highest BCUT2D eigenvalue weighted by atomic mass is 16.1. The van der Waals surface area contributed by atoms with Gasteiger partial charge in [-0.2, -0.15) is 0 Å². The van der Waals surface area contributed by atoms with E-state index in [9.17, 15) is 4.79 Å². The molecule has 0 aliphatic rings. The summed E-state index contributed by atoms with van der Waals surface area (Å²) in [6.45, 7) is 9.52. The molecule has 0 saturated carbocycles. The fourth-order valence-electron chi connectivity index (χ4n) is 2.53. The van der Waals surface area contributed by atoms with Gasteiger partial charge in [0.05, 0.1) is 6.54 Å². The maximum Gasteiger partial charge on any atom is 0.275 e. The Morgan fingerprint density at radius 3 is 2.32 bits per heavy atom. The average Bonchev–Trinajstić information content (AvgIpc) is 2.52. The van der Waals surface area contributed by atoms with Gasteiger partial charge in [0.1, 0.15) is 6.04 Å². The smallest absolute Gasteiger partial charge is 0.275 e. The molecule has 3 nitrogen and oxygen atoms in total. The van der Waals surface area contributed by atoms with E-state index in [0.717, 1.165) is 6.42 Å². The number of nitrogens with one attached hydrogen (secondary N) is 1. The van der Waals surface area contributed by atoms with Crippen LogP contribution in [-0.4, -0.2) is 19.0 Å². The number of amides is 1. The van der Waals surface area contributed by atoms with Crippen molar-refractivity contribution in [2.24, 2.45) is 5.92 Å². The van der Waals surface area contributed by atoms with Gasteiger partial charge in [-0.3, -0.25) is 4.79 Å². The van der Waals surface area contributed by atoms with Gasteiger partial charge in [0.15, 0.2) is 6.54 Å². The standard InChI is InChI=1S/C19H28N2O/c1-6-12-20-18(22)13-21-19(14(3)4)17-10-8-16(9-11-17)15(5)7-2/h1,8-11,14-15,19,21H,7,12-13H2,2-5H3,(H,20,22)/p+1/t15-,19-/m0/s1. The van der Waals surface area contributed by atoms with Crippen LogP contribution in [0.15, 0.2) is 24.3 Å². The van der Waals surface area contributed by atoms with Gasteiger partial charge >= 0.3 is 0 Å². The average molecular weight is 301 g/mol. The van der Waals surface area contributed by atoms with E-state index in [2.05, 4.69) is 68.5 Å². The van der Waals surface area contributed by atoms with E-state index in [1.165, 1.54) is 11.1 Å². The summed E-state index contributed by atoms with van der Waals surface area (Å²) in [7, 11) is 0. The summed E-state index contributed by atoms with van der Waals surface area (Å²) in [5.41, 5.74) is 2.65. The highest BCUT2D eigenvalue weighted by Gasteiger charge is 2.20. The third kappa shape index (κ3) is 5.54. The molecule has 0 heterocycles. The number of nitrogens with two attached hydrogens (primary N) is 1. The van der Waals surface area contributed by atoms with Crippen molar-refractivity contribution in [3.8, 4) is 12.3 Å². The van der Waals surface area contributed by atoms with Crippen LogP contribution >= 0.6 is 0 Å². The molecule has 0 spiro atoms. The van der Waals surface area contributed by atoms with Gasteiger partial charge in [-0.25, -0.2) is 0 Å². The Morgan fingerprint density at radius 1 is 1.23 bits per heavy atom. The molecule has 0 unspecified atom stereocenters. The molecule has 2 atom stereocenters. The van der Waals surface area contributed by atoms with Crippen molar-refractivity contribution in [3.63, 3.8) is 0 Å². The monoisotopic (exact) mass is 301 g/mol. The van der Waals surface area contributed by atoms with Gasteiger partial charge in [-0.15, -0.1) is 6.42 Å². The van der Waals surface area contributed by atoms with Crippen molar-refractivity contribution >= 4 is 5.91 Å². The molecule has 1 rings (SSSR count). The minimum Gasteiger partial charge on any atom is -0.340 e. The summed E-state index contributed by atoms with van der Waals surface area (Å²) in [5.74, 6) is 3.44. The Kier molecular flexibility index (Phi) is 7.70. The highest BCUT2D eigenvalue weighted by Crippen LogP contribution is 2.22. The fourth-order valence-corrected chi connectivity index (χ4v) is 2.53. The number of rotatable bonds is 8. The Morgan fingerprint density at radius 2 is 1.82 bits per heavy atom. The fraction of sp³-hybridized carbons (Fsp3) is 0.526. The van der Waals surface area contributed by atoms with Crippen LogP contribution in [0, 0.1) is 18.3 Å². The normalized spacial score (nSPS) is 13.5. The molecule has 1 amide bonds. The van der Waals surface area contributed by atoms with Crippen LogP contribution < -0.4 is 10.6 Å². The maximum atomic E-state index is 11.7. The molecule has 3 heteroatoms. The summed E-state index contributed by atoms with van der Waals surface area (Å²) in [4.78, 5) is 11.7. The third-order valence-electron chi connectivity index (χ3n) is 4.17. The van der Waals surface area contributed by atoms with Crippen molar-refractivity contribution in [1.82, 2.24) is 5.32 Å². The predicted molar refractivity (Wildman–Crippen MR) is 91.4 cm³/mol. The molecule has 0 aliphatic carbocycles. The zero-order valence-corrected chi connectivity index (χ0v) is 14.2. The topological polar surface area (TPSA) is 45.7 Å². The first-order valence-electron chi connectivity index (χ1n) is 8.12. The predicted octanol–water partition coefficient (Wildman–Crippen LogP) is 2.21. The van der Waals surface area contributed by atoms with E-state index < -0.39 is 0 Å². The SMILES string of the molecule is C#CCNC(=O)C[NH2+][C@H](c1ccc([C@@H](C)CC)cc1)C(C)C. The van der Waals surface area contributed by atoms with Gasteiger partial charge in [-0.05, 0) is 17.9 Å². The summed E-state index contributed by atoms with van der Waals surface area (Å²) in [6, 6.07) is 9.10. The highest BCUT2D eigenvalue weighted by molar-refractivity contribution is 5.76. The van der Waals surface area contributed by atoms with Crippen molar-refractivity contribution in [3.05, 3.63) is 35.4 Å². The van der Waals surface area contributed by atoms with Crippen molar-refractivity contribution in [2.45, 2.75) is 46.1 Å². The molecule has 0 bridgehead atoms. The third-order valence-corrected chi connectivity index (χ3v) is 4.17. The maximum absolute atomic E-state index is 11.7. The number of quaternary nitrogens is 1. The zero-order valence-electron chi connectivity index (χ0n) is 14.2. The molecule has 1 aromatic rings. The lowest BCUT2D eigenvalue weighted by atomic mass is 9.92. The van der Waals surface area contributed by atoms with E-state index in [1.54, 1.807) is 0 Å². The number of hydrogen-bond acceptors (Lipinski definition) is 1. The van der Waals surface area contributed by atoms with Crippen molar-refractivity contribution < 1.29 is 10.1 Å². The first-order valence-corrected chi connectivity index (χ1v) is 8.12. The molecule has 3 N–H and O–H groups in total. The lowest BCUT2D eigenvalue weighted by Crippen LogP contribution is -2.88. The molecule has 0 aromatic heterocycles. The first kappa shape index (κ1) is 18.3. The summed E-state index contributed by atoms with van der Waals surface area (Å²) >= 11 is 0. The van der Waals surface area contributed by atoms with Crippen LogP contribution in [0.25, 0.3) is 0 Å². The van der Waals surface area contributed by atoms with E-state index >= 15 is 0 Å². The number of carbonyl (C=O) groups excluding carboxylic acids is 1. The van der Waals surface area contributed by atoms with E-state index in [4.69, 9.17) is 6.42 Å². The van der Waals surface area contributed by atoms with Gasteiger partial charge in [0, 0.05) is 11.5 Å². The molecule has 1 aromatic carbocycles. The minimum absolute atomic E-state index is 0.0141. The Bertz CT molecular complexity index is 499. The largest absolute Gasteiger partial charge is 0.340 e. The molecule has 0 saturated heterocycles. The Hall–Kier alpha value is -1.79. The number of terminal acetylenes is 1. The van der Waals surface area contributed by atoms with Crippen LogP contribution in [0.4, 0.5) is 0 Å². The van der Waals surface area contributed by atoms with E-state index in [0.29, 0.717) is 24.9 Å². The first-order chi connectivity index (χ1) is 10.5. The van der Waals surface area contributed by atoms with Crippen LogP contribution in [0.2, 0.25) is 0 Å². The minimum atomic E-state index is -0.0141. The zero-order chi connectivity index (χ0) is 16.5. The summed E-state index contributed by atoms with van der Waals surface area (Å²) in [6.07, 6.45) is 6.29. The second kappa shape index (κ2) is 9.27. The van der Waals surface area contributed by atoms with Gasteiger partial charge in [-0.1, -0.05) is 57.9 Å². The van der Waals surface area contributed by atoms with Crippen LogP contribution in [-0.2, 0) is 4.79 Å². The van der Waals surface area contributed by atoms with E-state index in [-0.39, 0.29) is 11.9 Å². The number of benzene rings is 1. The van der Waals surface area contributed by atoms with Crippen LogP contribution in [0.5, 0.6) is 0 Å². The van der Waals surface area contributed by atoms with Crippen molar-refractivity contribution in [2.75, 3.05) is 13.1 Å². The molecular formula is C19H29N2O+. The number of carbonyl (C=O) groups is 1. The van der Waals surface area contributed by atoms with E-state index in [1.807, 2.05) is 0 Å². The lowest BCUT2D eigenvalue weighted by molar-refractivity contribution is -0.692. The molecule has 0 aliphatic heterocycles. The molecule has 0 radical (unpaired) electrons. The second-order valence-electron chi connectivity index (χ2n) is 6.17. The molecule has 22 heavy (non-hydrogen) atoms. The Balaban J connectivity index is 2.71. The van der Waals surface area contributed by atoms with Gasteiger partial charge in [0.25, 0.3) is 5.91 Å². The second-order valence-corrected chi connectivity index (χ2v) is 6.17. The quantitative estimate of drug-likeness (QED) is 0.711. The van der Waals surface area contributed by atoms with Crippen molar-refractivity contribution in [1.29, 1.82) is 0 Å². The summed E-state index contributed by atoms with van der Waals surface area (Å²) in [5, 5.41) is 4.80. The molecular weight excluding hydrogens is 272 g/mol.